The molecule has 0 aliphatic heterocycles. The van der Waals surface area contributed by atoms with Gasteiger partial charge in [-0.3, -0.25) is 0 Å². The van der Waals surface area contributed by atoms with Gasteiger partial charge >= 0.3 is 0 Å². The predicted octanol–water partition coefficient (Wildman–Crippen LogP) is 1.89. The summed E-state index contributed by atoms with van der Waals surface area (Å²) < 4.78 is 31.6. The van der Waals surface area contributed by atoms with E-state index in [2.05, 4.69) is 4.72 Å². The van der Waals surface area contributed by atoms with E-state index in [0.29, 0.717) is 17.7 Å². The molecule has 0 aliphatic carbocycles. The predicted molar refractivity (Wildman–Crippen MR) is 89.9 cm³/mol. The van der Waals surface area contributed by atoms with Crippen molar-refractivity contribution in [2.24, 2.45) is 0 Å². The molecule has 1 atom stereocenters. The molecule has 2 aromatic carbocycles. The molecule has 6 heteroatoms. The van der Waals surface area contributed by atoms with Crippen LogP contribution in [0.3, 0.4) is 0 Å². The number of rotatable bonds is 8. The molecule has 124 valence electrons. The minimum Gasteiger partial charge on any atom is -0.497 e. The molecule has 0 saturated carbocycles. The van der Waals surface area contributed by atoms with Gasteiger partial charge in [-0.2, -0.15) is 0 Å². The van der Waals surface area contributed by atoms with E-state index in [9.17, 15) is 13.5 Å². The Morgan fingerprint density at radius 2 is 1.87 bits per heavy atom. The lowest BCUT2D eigenvalue weighted by molar-refractivity contribution is 0.181. The standard InChI is InChI=1S/C17H21NO4S/c1-22-16-9-5-8-15(12-16)17(19)13-18-23(20,21)11-10-14-6-3-2-4-7-14/h2-9,12,17-19H,10-11,13H2,1H3. The molecule has 0 fully saturated rings. The van der Waals surface area contributed by atoms with Crippen molar-refractivity contribution in [3.63, 3.8) is 0 Å². The lowest BCUT2D eigenvalue weighted by atomic mass is 10.1. The van der Waals surface area contributed by atoms with Crippen LogP contribution in [0.25, 0.3) is 0 Å². The summed E-state index contributed by atoms with van der Waals surface area (Å²) in [5.74, 6) is 0.607. The number of nitrogens with one attached hydrogen (secondary N) is 1. The van der Waals surface area contributed by atoms with Crippen LogP contribution in [0, 0.1) is 0 Å². The number of aliphatic hydroxyl groups excluding tert-OH is 1. The molecular formula is C17H21NO4S. The topological polar surface area (TPSA) is 75.6 Å². The number of ether oxygens (including phenoxy) is 1. The van der Waals surface area contributed by atoms with Crippen molar-refractivity contribution >= 4 is 10.0 Å². The Balaban J connectivity index is 1.88. The highest BCUT2D eigenvalue weighted by molar-refractivity contribution is 7.89. The Kier molecular flexibility index (Phi) is 6.15. The largest absolute Gasteiger partial charge is 0.497 e. The third kappa shape index (κ3) is 5.67. The molecule has 0 aliphatic rings. The fraction of sp³-hybridized carbons (Fsp3) is 0.294. The molecule has 0 bridgehead atoms. The van der Waals surface area contributed by atoms with Crippen molar-refractivity contribution in [3.05, 3.63) is 65.7 Å². The van der Waals surface area contributed by atoms with Gasteiger partial charge in [0.25, 0.3) is 0 Å². The van der Waals surface area contributed by atoms with Gasteiger partial charge < -0.3 is 9.84 Å². The zero-order chi connectivity index (χ0) is 16.7. The third-order valence-electron chi connectivity index (χ3n) is 3.48. The molecule has 2 N–H and O–H groups in total. The second-order valence-electron chi connectivity index (χ2n) is 5.20. The van der Waals surface area contributed by atoms with E-state index in [1.165, 1.54) is 7.11 Å². The van der Waals surface area contributed by atoms with Gasteiger partial charge in [-0.1, -0.05) is 42.5 Å². The highest BCUT2D eigenvalue weighted by Crippen LogP contribution is 2.18. The van der Waals surface area contributed by atoms with Gasteiger partial charge in [-0.25, -0.2) is 13.1 Å². The zero-order valence-corrected chi connectivity index (χ0v) is 13.8. The normalized spacial score (nSPS) is 12.8. The highest BCUT2D eigenvalue weighted by Gasteiger charge is 2.14. The Labute approximate surface area is 137 Å². The van der Waals surface area contributed by atoms with Crippen molar-refractivity contribution in [1.29, 1.82) is 0 Å². The maximum absolute atomic E-state index is 12.0. The summed E-state index contributed by atoms with van der Waals surface area (Å²) in [4.78, 5) is 0. The van der Waals surface area contributed by atoms with Gasteiger partial charge in [-0.05, 0) is 29.7 Å². The van der Waals surface area contributed by atoms with Gasteiger partial charge in [0, 0.05) is 6.54 Å². The summed E-state index contributed by atoms with van der Waals surface area (Å²) in [5.41, 5.74) is 1.57. The average molecular weight is 335 g/mol. The van der Waals surface area contributed by atoms with E-state index < -0.39 is 16.1 Å². The number of benzene rings is 2. The van der Waals surface area contributed by atoms with Crippen LogP contribution in [0.2, 0.25) is 0 Å². The van der Waals surface area contributed by atoms with E-state index in [4.69, 9.17) is 4.74 Å². The minimum atomic E-state index is -3.44. The lowest BCUT2D eigenvalue weighted by Gasteiger charge is -2.13. The molecule has 0 spiro atoms. The van der Waals surface area contributed by atoms with Gasteiger partial charge in [-0.15, -0.1) is 0 Å². The summed E-state index contributed by atoms with van der Waals surface area (Å²) in [7, 11) is -1.90. The van der Waals surface area contributed by atoms with Crippen molar-refractivity contribution in [2.45, 2.75) is 12.5 Å². The molecule has 23 heavy (non-hydrogen) atoms. The van der Waals surface area contributed by atoms with Gasteiger partial charge in [0.05, 0.1) is 19.0 Å². The van der Waals surface area contributed by atoms with E-state index in [-0.39, 0.29) is 12.3 Å². The number of hydrogen-bond acceptors (Lipinski definition) is 4. The molecule has 2 rings (SSSR count). The molecule has 0 aromatic heterocycles. The number of methoxy groups -OCH3 is 1. The first-order chi connectivity index (χ1) is 11.0. The molecule has 0 saturated heterocycles. The highest BCUT2D eigenvalue weighted by atomic mass is 32.2. The van der Waals surface area contributed by atoms with Crippen LogP contribution in [0.4, 0.5) is 0 Å². The van der Waals surface area contributed by atoms with Gasteiger partial charge in [0.1, 0.15) is 5.75 Å². The van der Waals surface area contributed by atoms with Crippen molar-refractivity contribution < 1.29 is 18.3 Å². The number of sulfonamides is 1. The van der Waals surface area contributed by atoms with Crippen molar-refractivity contribution in [1.82, 2.24) is 4.72 Å². The Hall–Kier alpha value is -1.89. The summed E-state index contributed by atoms with van der Waals surface area (Å²) in [6, 6.07) is 16.3. The second-order valence-corrected chi connectivity index (χ2v) is 7.12. The Morgan fingerprint density at radius 3 is 2.57 bits per heavy atom. The molecule has 2 aromatic rings. The summed E-state index contributed by atoms with van der Waals surface area (Å²) >= 11 is 0. The molecule has 0 amide bonds. The maximum Gasteiger partial charge on any atom is 0.212 e. The maximum atomic E-state index is 12.0. The molecular weight excluding hydrogens is 314 g/mol. The third-order valence-corrected chi connectivity index (χ3v) is 4.83. The molecule has 5 nitrogen and oxygen atoms in total. The average Bonchev–Trinajstić information content (AvgIpc) is 2.59. The van der Waals surface area contributed by atoms with Crippen LogP contribution in [-0.4, -0.2) is 32.9 Å². The van der Waals surface area contributed by atoms with Crippen molar-refractivity contribution in [2.75, 3.05) is 19.4 Å². The second kappa shape index (κ2) is 8.10. The SMILES string of the molecule is COc1cccc(C(O)CNS(=O)(=O)CCc2ccccc2)c1. The van der Waals surface area contributed by atoms with Crippen LogP contribution >= 0.6 is 0 Å². The van der Waals surface area contributed by atoms with Gasteiger partial charge in [0.2, 0.25) is 10.0 Å². The number of aliphatic hydroxyl groups is 1. The smallest absolute Gasteiger partial charge is 0.212 e. The first-order valence-electron chi connectivity index (χ1n) is 7.33. The zero-order valence-electron chi connectivity index (χ0n) is 13.0. The van der Waals surface area contributed by atoms with Crippen LogP contribution in [0.5, 0.6) is 5.75 Å². The van der Waals surface area contributed by atoms with Crippen molar-refractivity contribution in [3.8, 4) is 5.75 Å². The molecule has 1 unspecified atom stereocenters. The molecule has 0 heterocycles. The van der Waals surface area contributed by atoms with Crippen LogP contribution < -0.4 is 9.46 Å². The van der Waals surface area contributed by atoms with Crippen LogP contribution in [0.15, 0.2) is 54.6 Å². The van der Waals surface area contributed by atoms with Gasteiger partial charge in [0.15, 0.2) is 0 Å². The lowest BCUT2D eigenvalue weighted by Crippen LogP contribution is -2.31. The number of hydrogen-bond donors (Lipinski definition) is 2. The van der Waals surface area contributed by atoms with E-state index in [1.54, 1.807) is 24.3 Å². The van der Waals surface area contributed by atoms with E-state index >= 15 is 0 Å². The van der Waals surface area contributed by atoms with Crippen LogP contribution in [0.1, 0.15) is 17.2 Å². The fourth-order valence-corrected chi connectivity index (χ4v) is 3.20. The first kappa shape index (κ1) is 17.5. The quantitative estimate of drug-likeness (QED) is 0.772. The first-order valence-corrected chi connectivity index (χ1v) is 8.99. The van der Waals surface area contributed by atoms with E-state index in [1.807, 2.05) is 30.3 Å². The summed E-state index contributed by atoms with van der Waals surface area (Å²) in [5, 5.41) is 10.1. The summed E-state index contributed by atoms with van der Waals surface area (Å²) in [6.45, 7) is -0.0652. The van der Waals surface area contributed by atoms with Crippen LogP contribution in [-0.2, 0) is 16.4 Å². The Bertz CT molecular complexity index is 716. The number of aryl methyl sites for hydroxylation is 1. The minimum absolute atomic E-state index is 0.0121. The van der Waals surface area contributed by atoms with E-state index in [0.717, 1.165) is 5.56 Å². The fourth-order valence-electron chi connectivity index (χ4n) is 2.14. The Morgan fingerprint density at radius 1 is 1.13 bits per heavy atom. The monoisotopic (exact) mass is 335 g/mol. The molecule has 0 radical (unpaired) electrons. The summed E-state index contributed by atoms with van der Waals surface area (Å²) in [6.07, 6.45) is -0.484.